The van der Waals surface area contributed by atoms with Crippen LogP contribution in [0.5, 0.6) is 23.0 Å². The minimum absolute atomic E-state index is 0.239. The third kappa shape index (κ3) is 11.6. The number of rotatable bonds is 18. The van der Waals surface area contributed by atoms with Gasteiger partial charge in [0.25, 0.3) is 0 Å². The van der Waals surface area contributed by atoms with E-state index >= 15 is 0 Å². The molecule has 4 aromatic rings. The van der Waals surface area contributed by atoms with Crippen LogP contribution >= 0.6 is 9.45 Å². The molecule has 0 radical (unpaired) electrons. The van der Waals surface area contributed by atoms with Crippen LogP contribution in [0.3, 0.4) is 0 Å². The van der Waals surface area contributed by atoms with Crippen molar-refractivity contribution in [2.45, 2.75) is 25.7 Å². The van der Waals surface area contributed by atoms with Crippen LogP contribution in [0.2, 0.25) is 0 Å². The number of ether oxygens (including phenoxy) is 4. The van der Waals surface area contributed by atoms with Crippen LogP contribution in [0, 0.1) is 0 Å². The third-order valence-electron chi connectivity index (χ3n) is 7.90. The molecule has 0 bridgehead atoms. The summed E-state index contributed by atoms with van der Waals surface area (Å²) in [6.07, 6.45) is 8.14. The number of hydrogen-bond donors (Lipinski definition) is 0. The molecule has 4 rings (SSSR count). The molecule has 0 heterocycles. The molecule has 45 heavy (non-hydrogen) atoms. The average molecular weight is 746 g/mol. The molecule has 0 amide bonds. The van der Waals surface area contributed by atoms with Crippen LogP contribution in [0.4, 0.5) is 0 Å². The van der Waals surface area contributed by atoms with Gasteiger partial charge in [-0.3, -0.25) is 0 Å². The second kappa shape index (κ2) is 17.7. The van der Waals surface area contributed by atoms with Crippen molar-refractivity contribution < 1.29 is 18.9 Å². The fourth-order valence-electron chi connectivity index (χ4n) is 5.02. The molecule has 9 heteroatoms. The fraction of sp³-hybridized carbons (Fsp3) is 0.333. The summed E-state index contributed by atoms with van der Waals surface area (Å²) in [7, 11) is 6.84. The Balaban J connectivity index is 1.57. The molecule has 0 N–H and O–H groups in total. The van der Waals surface area contributed by atoms with Crippen LogP contribution in [-0.4, -0.2) is 67.2 Å². The molecule has 0 fully saturated rings. The summed E-state index contributed by atoms with van der Waals surface area (Å²) in [6, 6.07) is 33.8. The molecule has 4 aromatic carbocycles. The Labute approximate surface area is 285 Å². The third-order valence-corrected chi connectivity index (χ3v) is 38.2. The molecule has 0 saturated heterocycles. The summed E-state index contributed by atoms with van der Waals surface area (Å²) in [5.74, 6) is 3.54. The Morgan fingerprint density at radius 1 is 0.400 bits per heavy atom. The van der Waals surface area contributed by atoms with Gasteiger partial charge < -0.3 is 0 Å². The summed E-state index contributed by atoms with van der Waals surface area (Å²) in [4.78, 5) is 0. The van der Waals surface area contributed by atoms with Gasteiger partial charge in [-0.1, -0.05) is 0 Å². The first-order chi connectivity index (χ1) is 21.7. The van der Waals surface area contributed by atoms with Crippen molar-refractivity contribution >= 4 is 47.1 Å². The average Bonchev–Trinajstić information content (AvgIpc) is 3.09. The van der Waals surface area contributed by atoms with Crippen molar-refractivity contribution in [3.63, 3.8) is 0 Å². The van der Waals surface area contributed by atoms with E-state index in [0.29, 0.717) is 0 Å². The van der Waals surface area contributed by atoms with Crippen molar-refractivity contribution in [3.05, 3.63) is 119 Å². The van der Waals surface area contributed by atoms with Gasteiger partial charge in [-0.15, -0.1) is 0 Å². The maximum atomic E-state index is 6.79. The van der Waals surface area contributed by atoms with Crippen molar-refractivity contribution in [2.24, 2.45) is 0 Å². The van der Waals surface area contributed by atoms with Gasteiger partial charge in [-0.25, -0.2) is 0 Å². The molecule has 0 aliphatic carbocycles. The van der Waals surface area contributed by atoms with Crippen LogP contribution < -0.4 is 18.9 Å². The van der Waals surface area contributed by atoms with Gasteiger partial charge in [0.05, 0.1) is 0 Å². The number of methoxy groups -OCH3 is 4. The molecule has 0 atom stereocenters. The van der Waals surface area contributed by atoms with Gasteiger partial charge in [0.2, 0.25) is 0 Å². The van der Waals surface area contributed by atoms with Gasteiger partial charge in [0, 0.05) is 0 Å². The van der Waals surface area contributed by atoms with Gasteiger partial charge in [0.15, 0.2) is 0 Å². The molecule has 240 valence electrons. The Kier molecular flexibility index (Phi) is 14.1. The second-order valence-electron chi connectivity index (χ2n) is 11.0. The monoisotopic (exact) mass is 746 g/mol. The molecule has 0 spiro atoms. The van der Waals surface area contributed by atoms with E-state index in [9.17, 15) is 0 Å². The molecular formula is C36H44O4P2S2Se. The molecule has 0 aliphatic rings. The first-order valence-corrected chi connectivity index (χ1v) is 25.9. The Morgan fingerprint density at radius 3 is 0.778 bits per heavy atom. The van der Waals surface area contributed by atoms with Gasteiger partial charge in [-0.2, -0.15) is 0 Å². The van der Waals surface area contributed by atoms with Crippen molar-refractivity contribution in [3.8, 4) is 23.0 Å². The summed E-state index contributed by atoms with van der Waals surface area (Å²) < 4.78 is 18.1. The number of benzene rings is 4. The standard InChI is InChI=1S/C36H44O4P2S2Se/c1-37-33-13-5-29(6-14-33)21-25-41(43,26-22-30-7-15-34(38-2)16-8-30)45-42(44,27-23-31-9-17-35(39-3)18-10-31)28-24-32-11-19-36(40-4)20-12-32/h5-20H,21-28H2,1-4H3. The van der Waals surface area contributed by atoms with Gasteiger partial charge >= 0.3 is 287 Å². The predicted octanol–water partition coefficient (Wildman–Crippen LogP) is 8.48. The van der Waals surface area contributed by atoms with E-state index in [-0.39, 0.29) is 14.1 Å². The molecule has 0 saturated carbocycles. The number of aryl methyl sites for hydroxylation is 4. The first-order valence-electron chi connectivity index (χ1n) is 15.1. The van der Waals surface area contributed by atoms with Gasteiger partial charge in [-0.05, 0) is 0 Å². The van der Waals surface area contributed by atoms with Crippen molar-refractivity contribution in [1.29, 1.82) is 0 Å². The topological polar surface area (TPSA) is 36.9 Å². The van der Waals surface area contributed by atoms with E-state index in [1.54, 1.807) is 28.4 Å². The maximum absolute atomic E-state index is 6.79. The summed E-state index contributed by atoms with van der Waals surface area (Å²) in [6.45, 7) is 0. The Hall–Kier alpha value is -2.10. The van der Waals surface area contributed by atoms with Crippen LogP contribution in [0.1, 0.15) is 22.3 Å². The summed E-state index contributed by atoms with van der Waals surface area (Å²) >= 11 is 13.8. The predicted molar refractivity (Wildman–Crippen MR) is 201 cm³/mol. The van der Waals surface area contributed by atoms with Crippen LogP contribution in [-0.2, 0) is 49.3 Å². The molecular weight excluding hydrogens is 701 g/mol. The molecule has 0 aliphatic heterocycles. The molecule has 0 unspecified atom stereocenters. The zero-order valence-corrected chi connectivity index (χ0v) is 31.8. The van der Waals surface area contributed by atoms with E-state index in [1.165, 1.54) is 22.3 Å². The minimum atomic E-state index is -1.74. The quantitative estimate of drug-likeness (QED) is 0.0752. The van der Waals surface area contributed by atoms with E-state index in [4.69, 9.17) is 42.6 Å². The van der Waals surface area contributed by atoms with E-state index in [1.807, 2.05) is 0 Å². The molecule has 0 aromatic heterocycles. The van der Waals surface area contributed by atoms with E-state index in [2.05, 4.69) is 97.1 Å². The normalized spacial score (nSPS) is 11.6. The van der Waals surface area contributed by atoms with Crippen molar-refractivity contribution in [1.82, 2.24) is 0 Å². The zero-order valence-electron chi connectivity index (χ0n) is 26.6. The van der Waals surface area contributed by atoms with Crippen LogP contribution in [0.25, 0.3) is 0 Å². The van der Waals surface area contributed by atoms with Crippen LogP contribution in [0.15, 0.2) is 97.1 Å². The molecule has 4 nitrogen and oxygen atoms in total. The fourth-order valence-corrected chi connectivity index (χ4v) is 45.1. The van der Waals surface area contributed by atoms with E-state index < -0.39 is 9.45 Å². The summed E-state index contributed by atoms with van der Waals surface area (Å²) in [5, 5.41) is 0. The van der Waals surface area contributed by atoms with Crippen molar-refractivity contribution in [2.75, 3.05) is 53.1 Å². The number of hydrogen-bond acceptors (Lipinski definition) is 6. The Morgan fingerprint density at radius 2 is 0.600 bits per heavy atom. The summed E-state index contributed by atoms with van der Waals surface area (Å²) in [5.41, 5.74) is 5.26. The first kappa shape index (κ1) is 35.7. The SMILES string of the molecule is COc1ccc(CCP(=S)(CCc2ccc(OC)cc2)[Se]P(=S)(CCc2ccc(OC)cc2)CCc2ccc(OC)cc2)cc1. The Bertz CT molecular complexity index is 1330. The second-order valence-corrected chi connectivity index (χ2v) is 35.9. The van der Waals surface area contributed by atoms with Gasteiger partial charge in [0.1, 0.15) is 0 Å². The zero-order chi connectivity index (χ0) is 32.1. The van der Waals surface area contributed by atoms with E-state index in [0.717, 1.165) is 73.3 Å².